The molecule has 0 aliphatic rings. The van der Waals surface area contributed by atoms with Crippen LogP contribution in [0.1, 0.15) is 6.42 Å². The van der Waals surface area contributed by atoms with Crippen LogP contribution in [0.2, 0.25) is 0 Å². The summed E-state index contributed by atoms with van der Waals surface area (Å²) < 4.78 is 0. The van der Waals surface area contributed by atoms with Crippen LogP contribution in [0.15, 0.2) is 23.8 Å². The minimum atomic E-state index is -1.32. The summed E-state index contributed by atoms with van der Waals surface area (Å²) in [6.07, 6.45) is 1.73. The maximum atomic E-state index is 10.2. The fraction of sp³-hybridized carbons (Fsp3) is 0.125. The molecule has 6 heteroatoms. The van der Waals surface area contributed by atoms with E-state index in [1.807, 2.05) is 0 Å². The molecule has 0 saturated heterocycles. The number of rotatable bonds is 5. The third-order valence-corrected chi connectivity index (χ3v) is 1.10. The van der Waals surface area contributed by atoms with Gasteiger partial charge >= 0.3 is 17.9 Å². The van der Waals surface area contributed by atoms with Crippen molar-refractivity contribution in [3.63, 3.8) is 0 Å². The van der Waals surface area contributed by atoms with Gasteiger partial charge in [0.2, 0.25) is 0 Å². The maximum absolute atomic E-state index is 10.2. The molecule has 0 aliphatic carbocycles. The lowest BCUT2D eigenvalue weighted by atomic mass is 10.1. The smallest absolute Gasteiger partial charge is 0.328 e. The topological polar surface area (TPSA) is 112 Å². The fourth-order valence-electron chi connectivity index (χ4n) is 0.670. The van der Waals surface area contributed by atoms with Crippen molar-refractivity contribution in [2.24, 2.45) is 0 Å². The zero-order valence-corrected chi connectivity index (χ0v) is 7.01. The molecule has 0 saturated carbocycles. The lowest BCUT2D eigenvalue weighted by Gasteiger charge is -1.94. The Kier molecular flexibility index (Phi) is 4.69. The molecule has 0 fully saturated rings. The van der Waals surface area contributed by atoms with Crippen LogP contribution in [0.25, 0.3) is 0 Å². The average molecular weight is 200 g/mol. The molecular formula is C8H8O6. The summed E-state index contributed by atoms with van der Waals surface area (Å²) in [6.45, 7) is 0. The average Bonchev–Trinajstić information content (AvgIpc) is 1.97. The Morgan fingerprint density at radius 3 is 1.86 bits per heavy atom. The Morgan fingerprint density at radius 1 is 0.929 bits per heavy atom. The zero-order chi connectivity index (χ0) is 11.1. The van der Waals surface area contributed by atoms with Crippen molar-refractivity contribution in [1.29, 1.82) is 0 Å². The minimum absolute atomic E-state index is 0.0904. The van der Waals surface area contributed by atoms with E-state index in [1.54, 1.807) is 0 Å². The van der Waals surface area contributed by atoms with Crippen LogP contribution < -0.4 is 0 Å². The number of carboxylic acids is 3. The van der Waals surface area contributed by atoms with Crippen LogP contribution in [-0.4, -0.2) is 33.2 Å². The largest absolute Gasteiger partial charge is 0.481 e. The van der Waals surface area contributed by atoms with Gasteiger partial charge in [0.1, 0.15) is 0 Å². The van der Waals surface area contributed by atoms with Gasteiger partial charge in [-0.3, -0.25) is 4.79 Å². The lowest BCUT2D eigenvalue weighted by molar-refractivity contribution is -0.136. The number of allylic oxidation sites excluding steroid dienone is 1. The predicted molar refractivity (Wildman–Crippen MR) is 44.7 cm³/mol. The van der Waals surface area contributed by atoms with E-state index < -0.39 is 24.3 Å². The lowest BCUT2D eigenvalue weighted by Crippen LogP contribution is -1.99. The van der Waals surface area contributed by atoms with Crippen molar-refractivity contribution < 1.29 is 29.7 Å². The summed E-state index contributed by atoms with van der Waals surface area (Å²) in [6, 6.07) is 0. The fourth-order valence-corrected chi connectivity index (χ4v) is 0.670. The van der Waals surface area contributed by atoms with E-state index in [0.29, 0.717) is 12.2 Å². The number of hydrogen-bond donors (Lipinski definition) is 3. The summed E-state index contributed by atoms with van der Waals surface area (Å²) in [7, 11) is 0. The number of aliphatic carboxylic acids is 3. The molecule has 3 N–H and O–H groups in total. The van der Waals surface area contributed by atoms with Crippen molar-refractivity contribution in [3.05, 3.63) is 23.8 Å². The van der Waals surface area contributed by atoms with Gasteiger partial charge in [0.25, 0.3) is 0 Å². The van der Waals surface area contributed by atoms with Crippen LogP contribution in [-0.2, 0) is 14.4 Å². The Morgan fingerprint density at radius 2 is 1.50 bits per heavy atom. The summed E-state index contributed by atoms with van der Waals surface area (Å²) in [5.41, 5.74) is -0.0904. The van der Waals surface area contributed by atoms with Crippen LogP contribution in [0.4, 0.5) is 0 Å². The summed E-state index contributed by atoms with van der Waals surface area (Å²) >= 11 is 0. The van der Waals surface area contributed by atoms with Gasteiger partial charge in [-0.05, 0) is 5.57 Å². The molecule has 0 heterocycles. The van der Waals surface area contributed by atoms with Gasteiger partial charge in [0, 0.05) is 12.2 Å². The predicted octanol–water partition coefficient (Wildman–Crippen LogP) is 0.113. The summed E-state index contributed by atoms with van der Waals surface area (Å²) in [5, 5.41) is 24.9. The normalized spacial score (nSPS) is 11.6. The molecule has 0 radical (unpaired) electrons. The van der Waals surface area contributed by atoms with Gasteiger partial charge in [-0.15, -0.1) is 0 Å². The molecule has 0 bridgehead atoms. The molecule has 0 rings (SSSR count). The first-order valence-corrected chi connectivity index (χ1v) is 3.48. The van der Waals surface area contributed by atoms with Gasteiger partial charge in [0.15, 0.2) is 0 Å². The molecule has 6 nitrogen and oxygen atoms in total. The van der Waals surface area contributed by atoms with Crippen molar-refractivity contribution >= 4 is 17.9 Å². The zero-order valence-electron chi connectivity index (χ0n) is 7.01. The number of carboxylic acid groups (broad SMARTS) is 3. The van der Waals surface area contributed by atoms with Crippen LogP contribution in [0, 0.1) is 0 Å². The maximum Gasteiger partial charge on any atom is 0.328 e. The molecule has 0 aromatic carbocycles. The Labute approximate surface area is 78.8 Å². The van der Waals surface area contributed by atoms with Crippen LogP contribution in [0.5, 0.6) is 0 Å². The van der Waals surface area contributed by atoms with Crippen molar-refractivity contribution in [3.8, 4) is 0 Å². The molecule has 0 aliphatic heterocycles. The number of carbonyl (C=O) groups is 3. The molecule has 0 amide bonds. The van der Waals surface area contributed by atoms with Gasteiger partial charge in [-0.1, -0.05) is 6.08 Å². The molecule has 14 heavy (non-hydrogen) atoms. The highest BCUT2D eigenvalue weighted by Gasteiger charge is 2.03. The van der Waals surface area contributed by atoms with E-state index in [4.69, 9.17) is 15.3 Å². The van der Waals surface area contributed by atoms with E-state index in [2.05, 4.69) is 0 Å². The second-order valence-corrected chi connectivity index (χ2v) is 2.30. The highest BCUT2D eigenvalue weighted by atomic mass is 16.4. The van der Waals surface area contributed by atoms with E-state index in [0.717, 1.165) is 6.08 Å². The highest BCUT2D eigenvalue weighted by Crippen LogP contribution is 2.03. The second-order valence-electron chi connectivity index (χ2n) is 2.30. The number of hydrogen-bond acceptors (Lipinski definition) is 3. The Bertz CT molecular complexity index is 312. The first kappa shape index (κ1) is 11.9. The van der Waals surface area contributed by atoms with Crippen molar-refractivity contribution in [1.82, 2.24) is 0 Å². The molecule has 0 unspecified atom stereocenters. The standard InChI is InChI=1S/C8H8O6/c9-6(10)2-1-5(3-7(11)12)4-8(13)14/h1-3H,4H2,(H,9,10)(H,11,12)(H,13,14)/b2-1+,5-3-. The molecular weight excluding hydrogens is 192 g/mol. The molecule has 0 spiro atoms. The van der Waals surface area contributed by atoms with E-state index in [9.17, 15) is 14.4 Å². The van der Waals surface area contributed by atoms with Gasteiger partial charge < -0.3 is 15.3 Å². The molecule has 0 aromatic heterocycles. The highest BCUT2D eigenvalue weighted by molar-refractivity contribution is 5.85. The van der Waals surface area contributed by atoms with Gasteiger partial charge in [-0.25, -0.2) is 9.59 Å². The van der Waals surface area contributed by atoms with Gasteiger partial charge in [-0.2, -0.15) is 0 Å². The van der Waals surface area contributed by atoms with Gasteiger partial charge in [0.05, 0.1) is 6.42 Å². The Hall–Kier alpha value is -2.11. The summed E-state index contributed by atoms with van der Waals surface area (Å²) in [5.74, 6) is -3.82. The summed E-state index contributed by atoms with van der Waals surface area (Å²) in [4.78, 5) is 30.5. The molecule has 0 aromatic rings. The molecule has 76 valence electrons. The van der Waals surface area contributed by atoms with Crippen molar-refractivity contribution in [2.75, 3.05) is 0 Å². The van der Waals surface area contributed by atoms with Crippen LogP contribution >= 0.6 is 0 Å². The third kappa shape index (κ3) is 6.59. The molecule has 0 atom stereocenters. The quantitative estimate of drug-likeness (QED) is 0.429. The Balaban J connectivity index is 4.64. The van der Waals surface area contributed by atoms with E-state index in [-0.39, 0.29) is 5.57 Å². The second kappa shape index (κ2) is 5.52. The monoisotopic (exact) mass is 200 g/mol. The van der Waals surface area contributed by atoms with E-state index in [1.165, 1.54) is 0 Å². The SMILES string of the molecule is O=C(O)/C=C/C(=C/C(=O)O)CC(=O)O. The first-order valence-electron chi connectivity index (χ1n) is 3.48. The van der Waals surface area contributed by atoms with Crippen molar-refractivity contribution in [2.45, 2.75) is 6.42 Å². The minimum Gasteiger partial charge on any atom is -0.481 e. The first-order chi connectivity index (χ1) is 6.41. The van der Waals surface area contributed by atoms with E-state index >= 15 is 0 Å². The third-order valence-electron chi connectivity index (χ3n) is 1.10. The van der Waals surface area contributed by atoms with Crippen LogP contribution in [0.3, 0.4) is 0 Å².